The van der Waals surface area contributed by atoms with Crippen molar-refractivity contribution in [2.45, 2.75) is 51.0 Å². The third-order valence-electron chi connectivity index (χ3n) is 3.51. The molecular weight excluding hydrogens is 351 g/mol. The van der Waals surface area contributed by atoms with Crippen LogP contribution < -0.4 is 0 Å². The molecule has 1 aliphatic carbocycles. The Kier molecular flexibility index (Phi) is 5.46. The van der Waals surface area contributed by atoms with Crippen molar-refractivity contribution < 1.29 is 4.74 Å². The zero-order valence-corrected chi connectivity index (χ0v) is 14.0. The van der Waals surface area contributed by atoms with Gasteiger partial charge in [0.1, 0.15) is 15.9 Å². The minimum Gasteiger partial charge on any atom is -0.367 e. The minimum absolute atomic E-state index is 0.346. The Bertz CT molecular complexity index is 425. The summed E-state index contributed by atoms with van der Waals surface area (Å²) in [5.74, 6) is 0.620. The largest absolute Gasteiger partial charge is 0.367 e. The molecule has 0 atom stereocenters. The van der Waals surface area contributed by atoms with Crippen molar-refractivity contribution in [3.8, 4) is 0 Å². The summed E-state index contributed by atoms with van der Waals surface area (Å²) in [5.41, 5.74) is -0.431. The fraction of sp³-hybridized carbons (Fsp3) is 0.692. The van der Waals surface area contributed by atoms with Crippen LogP contribution in [-0.2, 0) is 10.3 Å². The second kappa shape index (κ2) is 6.70. The molecule has 0 radical (unpaired) electrons. The molecular formula is C13H17BrCl2N2O. The van der Waals surface area contributed by atoms with Crippen molar-refractivity contribution in [1.29, 1.82) is 0 Å². The number of nitrogens with zero attached hydrogens (tertiary/aromatic N) is 2. The smallest absolute Gasteiger partial charge is 0.163 e. The van der Waals surface area contributed by atoms with Gasteiger partial charge in [-0.25, -0.2) is 9.97 Å². The van der Waals surface area contributed by atoms with E-state index in [1.807, 2.05) is 6.92 Å². The first-order valence-corrected chi connectivity index (χ1v) is 8.17. The van der Waals surface area contributed by atoms with Crippen LogP contribution in [0.15, 0.2) is 4.47 Å². The number of rotatable bonds is 3. The second-order valence-corrected chi connectivity index (χ2v) is 6.29. The van der Waals surface area contributed by atoms with Crippen LogP contribution in [0.1, 0.15) is 51.3 Å². The van der Waals surface area contributed by atoms with Gasteiger partial charge in [-0.05, 0) is 35.7 Å². The molecule has 0 bridgehead atoms. The number of aromatic nitrogens is 2. The molecule has 0 amide bonds. The van der Waals surface area contributed by atoms with Gasteiger partial charge in [0.15, 0.2) is 5.82 Å². The summed E-state index contributed by atoms with van der Waals surface area (Å²) in [6.07, 6.45) is 6.55. The van der Waals surface area contributed by atoms with Crippen molar-refractivity contribution in [3.05, 3.63) is 20.6 Å². The van der Waals surface area contributed by atoms with Crippen molar-refractivity contribution in [1.82, 2.24) is 9.97 Å². The molecule has 106 valence electrons. The minimum atomic E-state index is -0.431. The fourth-order valence-electron chi connectivity index (χ4n) is 2.61. The molecule has 1 aliphatic rings. The predicted molar refractivity (Wildman–Crippen MR) is 80.8 cm³/mol. The molecule has 0 aliphatic heterocycles. The molecule has 1 heterocycles. The van der Waals surface area contributed by atoms with E-state index in [1.165, 1.54) is 12.8 Å². The Balaban J connectivity index is 2.42. The number of hydrogen-bond donors (Lipinski definition) is 0. The molecule has 1 fully saturated rings. The highest BCUT2D eigenvalue weighted by Crippen LogP contribution is 2.40. The van der Waals surface area contributed by atoms with Crippen LogP contribution in [0.5, 0.6) is 0 Å². The lowest BCUT2D eigenvalue weighted by atomic mass is 9.93. The lowest BCUT2D eigenvalue weighted by molar-refractivity contribution is -0.0624. The molecule has 1 saturated carbocycles. The second-order valence-electron chi connectivity index (χ2n) is 4.78. The molecule has 1 aromatic rings. The van der Waals surface area contributed by atoms with E-state index in [9.17, 15) is 0 Å². The van der Waals surface area contributed by atoms with Gasteiger partial charge in [-0.15, -0.1) is 0 Å². The van der Waals surface area contributed by atoms with Gasteiger partial charge in [0.05, 0.1) is 4.47 Å². The van der Waals surface area contributed by atoms with Crippen molar-refractivity contribution in [2.75, 3.05) is 6.61 Å². The van der Waals surface area contributed by atoms with Gasteiger partial charge in [0.25, 0.3) is 0 Å². The van der Waals surface area contributed by atoms with Crippen LogP contribution in [0.4, 0.5) is 0 Å². The lowest BCUT2D eigenvalue weighted by Gasteiger charge is -2.31. The highest BCUT2D eigenvalue weighted by atomic mass is 79.9. The normalized spacial score (nSPS) is 19.2. The van der Waals surface area contributed by atoms with Crippen LogP contribution in [-0.4, -0.2) is 16.6 Å². The van der Waals surface area contributed by atoms with E-state index in [0.29, 0.717) is 27.2 Å². The maximum absolute atomic E-state index is 6.10. The number of halogens is 3. The monoisotopic (exact) mass is 366 g/mol. The molecule has 19 heavy (non-hydrogen) atoms. The van der Waals surface area contributed by atoms with Crippen LogP contribution in [0.25, 0.3) is 0 Å². The van der Waals surface area contributed by atoms with Crippen molar-refractivity contribution in [3.63, 3.8) is 0 Å². The van der Waals surface area contributed by atoms with E-state index in [2.05, 4.69) is 25.9 Å². The van der Waals surface area contributed by atoms with E-state index in [-0.39, 0.29) is 0 Å². The van der Waals surface area contributed by atoms with Crippen LogP contribution >= 0.6 is 39.1 Å². The average Bonchev–Trinajstić information content (AvgIpc) is 2.62. The zero-order valence-electron chi connectivity index (χ0n) is 10.9. The molecule has 0 spiro atoms. The number of ether oxygens (including phenoxy) is 1. The van der Waals surface area contributed by atoms with Gasteiger partial charge in [-0.1, -0.05) is 48.9 Å². The molecule has 0 N–H and O–H groups in total. The molecule has 0 unspecified atom stereocenters. The molecule has 1 aromatic heterocycles. The number of hydrogen-bond acceptors (Lipinski definition) is 3. The average molecular weight is 368 g/mol. The van der Waals surface area contributed by atoms with Gasteiger partial charge in [0.2, 0.25) is 0 Å². The van der Waals surface area contributed by atoms with Gasteiger partial charge < -0.3 is 4.74 Å². The summed E-state index contributed by atoms with van der Waals surface area (Å²) in [7, 11) is 0. The standard InChI is InChI=1S/C13H17BrCl2N2O/c1-2-19-13(7-5-3-4-6-8-13)12-17-10(15)9(14)11(16)18-12/h2-8H2,1H3. The summed E-state index contributed by atoms with van der Waals surface area (Å²) in [5, 5.41) is 0.691. The highest BCUT2D eigenvalue weighted by Gasteiger charge is 2.37. The maximum atomic E-state index is 6.10. The van der Waals surface area contributed by atoms with Crippen LogP contribution in [0.2, 0.25) is 10.3 Å². The Morgan fingerprint density at radius 3 is 2.11 bits per heavy atom. The van der Waals surface area contributed by atoms with E-state index in [1.54, 1.807) is 0 Å². The van der Waals surface area contributed by atoms with Crippen LogP contribution in [0.3, 0.4) is 0 Å². The van der Waals surface area contributed by atoms with Gasteiger partial charge in [-0.2, -0.15) is 0 Å². The lowest BCUT2D eigenvalue weighted by Crippen LogP contribution is -2.32. The fourth-order valence-corrected chi connectivity index (χ4v) is 3.17. The van der Waals surface area contributed by atoms with Crippen molar-refractivity contribution >= 4 is 39.1 Å². The van der Waals surface area contributed by atoms with E-state index < -0.39 is 5.60 Å². The quantitative estimate of drug-likeness (QED) is 0.548. The summed E-state index contributed by atoms with van der Waals surface area (Å²) < 4.78 is 6.57. The Morgan fingerprint density at radius 2 is 1.63 bits per heavy atom. The first-order valence-electron chi connectivity index (χ1n) is 6.62. The maximum Gasteiger partial charge on any atom is 0.163 e. The van der Waals surface area contributed by atoms with Crippen LogP contribution in [0, 0.1) is 0 Å². The Morgan fingerprint density at radius 1 is 1.11 bits per heavy atom. The highest BCUT2D eigenvalue weighted by molar-refractivity contribution is 9.10. The molecule has 0 saturated heterocycles. The molecule has 6 heteroatoms. The SMILES string of the molecule is CCOC1(c2nc(Cl)c(Br)c(Cl)n2)CCCCCC1. The van der Waals surface area contributed by atoms with E-state index in [4.69, 9.17) is 27.9 Å². The van der Waals surface area contributed by atoms with Gasteiger partial charge in [0, 0.05) is 6.61 Å². The predicted octanol–water partition coefficient (Wildman–Crippen LogP) is 5.13. The Hall–Kier alpha value is 0.1000. The summed E-state index contributed by atoms with van der Waals surface area (Å²) in [6, 6.07) is 0. The molecule has 2 rings (SSSR count). The first-order chi connectivity index (χ1) is 9.09. The summed E-state index contributed by atoms with van der Waals surface area (Å²) >= 11 is 15.5. The summed E-state index contributed by atoms with van der Waals surface area (Å²) in [6.45, 7) is 2.63. The summed E-state index contributed by atoms with van der Waals surface area (Å²) in [4.78, 5) is 8.78. The molecule has 3 nitrogen and oxygen atoms in total. The zero-order chi connectivity index (χ0) is 13.9. The van der Waals surface area contributed by atoms with Crippen molar-refractivity contribution in [2.24, 2.45) is 0 Å². The topological polar surface area (TPSA) is 35.0 Å². The van der Waals surface area contributed by atoms with Gasteiger partial charge >= 0.3 is 0 Å². The van der Waals surface area contributed by atoms with E-state index in [0.717, 1.165) is 25.7 Å². The Labute approximate surface area is 132 Å². The van der Waals surface area contributed by atoms with E-state index >= 15 is 0 Å². The first kappa shape index (κ1) is 15.5. The van der Waals surface area contributed by atoms with Gasteiger partial charge in [-0.3, -0.25) is 0 Å². The molecule has 0 aromatic carbocycles. The third-order valence-corrected chi connectivity index (χ3v) is 5.26. The third kappa shape index (κ3) is 3.41.